The minimum atomic E-state index is -0.139. The summed E-state index contributed by atoms with van der Waals surface area (Å²) in [5.41, 5.74) is 0.532. The van der Waals surface area contributed by atoms with Crippen LogP contribution in [0.5, 0.6) is 0 Å². The van der Waals surface area contributed by atoms with E-state index >= 15 is 0 Å². The molecule has 4 rings (SSSR count). The fraction of sp³-hybridized carbons (Fsp3) is 0.389. The number of piperidine rings is 1. The van der Waals surface area contributed by atoms with Gasteiger partial charge < -0.3 is 9.42 Å². The van der Waals surface area contributed by atoms with Crippen LogP contribution in [0.2, 0.25) is 0 Å². The maximum Gasteiger partial charge on any atom is 0.244 e. The average Bonchev–Trinajstić information content (AvgIpc) is 3.11. The number of benzene rings is 1. The van der Waals surface area contributed by atoms with E-state index in [1.165, 1.54) is 6.20 Å². The van der Waals surface area contributed by atoms with Gasteiger partial charge in [-0.25, -0.2) is 0 Å². The first-order valence-electron chi connectivity index (χ1n) is 8.64. The van der Waals surface area contributed by atoms with Crippen molar-refractivity contribution in [3.8, 4) is 0 Å². The van der Waals surface area contributed by atoms with E-state index in [1.54, 1.807) is 29.8 Å². The van der Waals surface area contributed by atoms with Gasteiger partial charge in [0, 0.05) is 24.4 Å². The van der Waals surface area contributed by atoms with Gasteiger partial charge in [-0.1, -0.05) is 17.3 Å². The van der Waals surface area contributed by atoms with Crippen molar-refractivity contribution in [2.75, 3.05) is 13.1 Å². The first-order chi connectivity index (χ1) is 12.6. The highest BCUT2D eigenvalue weighted by Crippen LogP contribution is 2.26. The van der Waals surface area contributed by atoms with E-state index in [2.05, 4.69) is 15.2 Å². The van der Waals surface area contributed by atoms with Crippen LogP contribution in [-0.4, -0.2) is 43.8 Å². The summed E-state index contributed by atoms with van der Waals surface area (Å²) < 4.78 is 6.84. The minimum absolute atomic E-state index is 0.00791. The van der Waals surface area contributed by atoms with Crippen LogP contribution in [0, 0.1) is 6.92 Å². The fourth-order valence-electron chi connectivity index (χ4n) is 3.37. The van der Waals surface area contributed by atoms with Crippen LogP contribution in [0.1, 0.15) is 30.5 Å². The van der Waals surface area contributed by atoms with E-state index in [1.807, 2.05) is 11.0 Å². The molecule has 1 amide bonds. The van der Waals surface area contributed by atoms with Gasteiger partial charge in [-0.15, -0.1) is 0 Å². The quantitative estimate of drug-likeness (QED) is 0.708. The van der Waals surface area contributed by atoms with E-state index < -0.39 is 0 Å². The summed E-state index contributed by atoms with van der Waals surface area (Å²) in [7, 11) is 0. The van der Waals surface area contributed by atoms with Gasteiger partial charge in [-0.3, -0.25) is 14.3 Å². The van der Waals surface area contributed by atoms with Gasteiger partial charge in [-0.2, -0.15) is 10.1 Å². The van der Waals surface area contributed by atoms with Gasteiger partial charge in [0.1, 0.15) is 6.54 Å². The fourth-order valence-corrected chi connectivity index (χ4v) is 3.37. The SMILES string of the molecule is Cc1noc(C2CCN(C(=O)Cn3ncc(=O)c4ccccc43)CC2)n1. The van der Waals surface area contributed by atoms with Crippen LogP contribution in [0.3, 0.4) is 0 Å². The Hall–Kier alpha value is -3.03. The minimum Gasteiger partial charge on any atom is -0.341 e. The molecular weight excluding hydrogens is 334 g/mol. The average molecular weight is 353 g/mol. The molecule has 3 heterocycles. The van der Waals surface area contributed by atoms with Gasteiger partial charge in [-0.05, 0) is 31.9 Å². The summed E-state index contributed by atoms with van der Waals surface area (Å²) in [4.78, 5) is 30.7. The maximum absolute atomic E-state index is 12.7. The van der Waals surface area contributed by atoms with E-state index in [-0.39, 0.29) is 23.8 Å². The van der Waals surface area contributed by atoms with Crippen molar-refractivity contribution in [1.29, 1.82) is 0 Å². The van der Waals surface area contributed by atoms with Crippen molar-refractivity contribution >= 4 is 16.8 Å². The van der Waals surface area contributed by atoms with Crippen LogP contribution in [0.25, 0.3) is 10.9 Å². The van der Waals surface area contributed by atoms with Crippen molar-refractivity contribution in [2.45, 2.75) is 32.2 Å². The Morgan fingerprint density at radius 3 is 2.77 bits per heavy atom. The van der Waals surface area contributed by atoms with Crippen LogP contribution in [0.15, 0.2) is 39.8 Å². The summed E-state index contributed by atoms with van der Waals surface area (Å²) in [5, 5.41) is 8.53. The summed E-state index contributed by atoms with van der Waals surface area (Å²) in [6, 6.07) is 7.20. The van der Waals surface area contributed by atoms with Crippen molar-refractivity contribution in [1.82, 2.24) is 24.8 Å². The third-order valence-corrected chi connectivity index (χ3v) is 4.79. The molecule has 0 unspecified atom stereocenters. The van der Waals surface area contributed by atoms with E-state index in [0.29, 0.717) is 35.7 Å². The lowest BCUT2D eigenvalue weighted by atomic mass is 9.97. The molecule has 1 aliphatic heterocycles. The lowest BCUT2D eigenvalue weighted by Crippen LogP contribution is -2.40. The molecule has 26 heavy (non-hydrogen) atoms. The number of amides is 1. The second kappa shape index (κ2) is 6.70. The van der Waals surface area contributed by atoms with Crippen molar-refractivity contribution in [3.63, 3.8) is 0 Å². The lowest BCUT2D eigenvalue weighted by molar-refractivity contribution is -0.133. The highest BCUT2D eigenvalue weighted by atomic mass is 16.5. The molecule has 8 heteroatoms. The second-order valence-electron chi connectivity index (χ2n) is 6.52. The second-order valence-corrected chi connectivity index (χ2v) is 6.52. The molecule has 0 spiro atoms. The number of carbonyl (C=O) groups excluding carboxylic acids is 1. The smallest absolute Gasteiger partial charge is 0.244 e. The van der Waals surface area contributed by atoms with Crippen LogP contribution >= 0.6 is 0 Å². The first-order valence-corrected chi connectivity index (χ1v) is 8.64. The van der Waals surface area contributed by atoms with Crippen molar-refractivity contribution in [2.24, 2.45) is 0 Å². The molecule has 1 aromatic carbocycles. The van der Waals surface area contributed by atoms with E-state index in [4.69, 9.17) is 4.52 Å². The zero-order valence-corrected chi connectivity index (χ0v) is 14.5. The number of aryl methyl sites for hydroxylation is 1. The predicted molar refractivity (Wildman–Crippen MR) is 93.6 cm³/mol. The molecule has 0 N–H and O–H groups in total. The monoisotopic (exact) mass is 353 g/mol. The molecule has 0 aliphatic carbocycles. The van der Waals surface area contributed by atoms with E-state index in [9.17, 15) is 9.59 Å². The molecule has 0 atom stereocenters. The predicted octanol–water partition coefficient (Wildman–Crippen LogP) is 1.49. The number of nitrogens with zero attached hydrogens (tertiary/aromatic N) is 5. The molecule has 1 aliphatic rings. The molecule has 0 bridgehead atoms. The number of likely N-dealkylation sites (tertiary alicyclic amines) is 1. The molecule has 8 nitrogen and oxygen atoms in total. The molecule has 0 saturated carbocycles. The van der Waals surface area contributed by atoms with Gasteiger partial charge in [0.2, 0.25) is 17.2 Å². The van der Waals surface area contributed by atoms with Crippen LogP contribution < -0.4 is 5.43 Å². The molecule has 1 fully saturated rings. The highest BCUT2D eigenvalue weighted by Gasteiger charge is 2.27. The van der Waals surface area contributed by atoms with Gasteiger partial charge >= 0.3 is 0 Å². The molecule has 0 radical (unpaired) electrons. The summed E-state index contributed by atoms with van der Waals surface area (Å²) in [6.07, 6.45) is 2.86. The normalized spacial score (nSPS) is 15.5. The van der Waals surface area contributed by atoms with Crippen molar-refractivity contribution < 1.29 is 9.32 Å². The highest BCUT2D eigenvalue weighted by molar-refractivity contribution is 5.81. The van der Waals surface area contributed by atoms with Crippen LogP contribution in [0.4, 0.5) is 0 Å². The molecule has 134 valence electrons. The Bertz CT molecular complexity index is 1000. The number of aromatic nitrogens is 4. The summed E-state index contributed by atoms with van der Waals surface area (Å²) in [6.45, 7) is 3.20. The molecule has 2 aromatic heterocycles. The Labute approximate surface area is 149 Å². The lowest BCUT2D eigenvalue weighted by Gasteiger charge is -2.30. The largest absolute Gasteiger partial charge is 0.341 e. The summed E-state index contributed by atoms with van der Waals surface area (Å²) in [5.74, 6) is 1.48. The standard InChI is InChI=1S/C18H19N5O3/c1-12-20-18(26-21-12)13-6-8-22(9-7-13)17(25)11-23-15-5-3-2-4-14(15)16(24)10-19-23/h2-5,10,13H,6-9,11H2,1H3. The number of hydrogen-bond donors (Lipinski definition) is 0. The summed E-state index contributed by atoms with van der Waals surface area (Å²) >= 11 is 0. The van der Waals surface area contributed by atoms with Gasteiger partial charge in [0.05, 0.1) is 11.7 Å². The topological polar surface area (TPSA) is 94.1 Å². The van der Waals surface area contributed by atoms with Crippen LogP contribution in [-0.2, 0) is 11.3 Å². The Balaban J connectivity index is 1.45. The Morgan fingerprint density at radius 2 is 2.04 bits per heavy atom. The number of fused-ring (bicyclic) bond motifs is 1. The molecule has 1 saturated heterocycles. The number of carbonyl (C=O) groups is 1. The Kier molecular flexibility index (Phi) is 4.24. The molecule has 3 aromatic rings. The Morgan fingerprint density at radius 1 is 1.27 bits per heavy atom. The zero-order chi connectivity index (χ0) is 18.1. The molecular formula is C18H19N5O3. The number of hydrogen-bond acceptors (Lipinski definition) is 6. The van der Waals surface area contributed by atoms with Gasteiger partial charge in [0.15, 0.2) is 5.82 Å². The zero-order valence-electron chi connectivity index (χ0n) is 14.5. The third-order valence-electron chi connectivity index (χ3n) is 4.79. The van der Waals surface area contributed by atoms with Gasteiger partial charge in [0.25, 0.3) is 0 Å². The maximum atomic E-state index is 12.7. The third kappa shape index (κ3) is 3.10. The number of rotatable bonds is 3. The van der Waals surface area contributed by atoms with E-state index in [0.717, 1.165) is 12.8 Å². The number of para-hydroxylation sites is 1. The van der Waals surface area contributed by atoms with Crippen molar-refractivity contribution in [3.05, 3.63) is 52.4 Å². The first kappa shape index (κ1) is 16.4.